The highest BCUT2D eigenvalue weighted by atomic mass is 19.3. The van der Waals surface area contributed by atoms with Crippen LogP contribution in [0.5, 0.6) is 0 Å². The molecule has 1 fully saturated rings. The first kappa shape index (κ1) is 25.5. The van der Waals surface area contributed by atoms with Crippen molar-refractivity contribution in [2.24, 2.45) is 0 Å². The maximum atomic E-state index is 14.6. The molecule has 0 radical (unpaired) electrons. The van der Waals surface area contributed by atoms with Crippen LogP contribution in [0.15, 0.2) is 30.5 Å². The van der Waals surface area contributed by atoms with E-state index in [0.29, 0.717) is 41.3 Å². The van der Waals surface area contributed by atoms with Crippen molar-refractivity contribution in [2.75, 3.05) is 23.7 Å². The predicted octanol–water partition coefficient (Wildman–Crippen LogP) is 5.04. The van der Waals surface area contributed by atoms with Crippen LogP contribution in [0.3, 0.4) is 0 Å². The van der Waals surface area contributed by atoms with Crippen molar-refractivity contribution < 1.29 is 18.0 Å². The van der Waals surface area contributed by atoms with Crippen molar-refractivity contribution >= 4 is 23.2 Å². The summed E-state index contributed by atoms with van der Waals surface area (Å²) in [6.45, 7) is 6.07. The van der Waals surface area contributed by atoms with Gasteiger partial charge in [0.1, 0.15) is 17.5 Å². The second-order valence-corrected chi connectivity index (χ2v) is 8.84. The molecule has 1 saturated heterocycles. The lowest BCUT2D eigenvalue weighted by Crippen LogP contribution is -2.20. The summed E-state index contributed by atoms with van der Waals surface area (Å²) in [6.07, 6.45) is 4.06. The van der Waals surface area contributed by atoms with Crippen LogP contribution in [-0.2, 0) is 23.7 Å². The first-order chi connectivity index (χ1) is 17.1. The minimum Gasteiger partial charge on any atom is -0.339 e. The molecule has 0 aliphatic carbocycles. The molecule has 36 heavy (non-hydrogen) atoms. The molecular formula is C25H28F3N7O. The number of anilines is 3. The second-order valence-electron chi connectivity index (χ2n) is 8.84. The van der Waals surface area contributed by atoms with Crippen molar-refractivity contribution in [2.45, 2.75) is 52.5 Å². The number of rotatable bonds is 8. The molecule has 8 nitrogen and oxygen atoms in total. The number of carbonyl (C=O) groups is 1. The molecule has 3 aromatic heterocycles. The molecule has 0 spiro atoms. The Kier molecular flexibility index (Phi) is 7.48. The summed E-state index contributed by atoms with van der Waals surface area (Å²) in [5, 5.41) is 5.67. The third kappa shape index (κ3) is 6.14. The van der Waals surface area contributed by atoms with E-state index in [-0.39, 0.29) is 17.5 Å². The van der Waals surface area contributed by atoms with Gasteiger partial charge in [-0.3, -0.25) is 9.69 Å². The normalized spacial score (nSPS) is 14.2. The first-order valence-corrected chi connectivity index (χ1v) is 11.8. The van der Waals surface area contributed by atoms with Gasteiger partial charge in [0, 0.05) is 50.0 Å². The van der Waals surface area contributed by atoms with Crippen LogP contribution in [0.1, 0.15) is 50.8 Å². The second kappa shape index (κ2) is 10.6. The highest BCUT2D eigenvalue weighted by molar-refractivity contribution is 5.89. The van der Waals surface area contributed by atoms with E-state index >= 15 is 0 Å². The van der Waals surface area contributed by atoms with Crippen molar-refractivity contribution in [3.63, 3.8) is 0 Å². The zero-order valence-corrected chi connectivity index (χ0v) is 20.4. The van der Waals surface area contributed by atoms with Crippen molar-refractivity contribution in [3.05, 3.63) is 53.5 Å². The molecule has 2 N–H and O–H groups in total. The van der Waals surface area contributed by atoms with Crippen molar-refractivity contribution in [3.8, 4) is 11.3 Å². The fourth-order valence-corrected chi connectivity index (χ4v) is 3.99. The highest BCUT2D eigenvalue weighted by Crippen LogP contribution is 2.32. The lowest BCUT2D eigenvalue weighted by molar-refractivity contribution is -0.114. The predicted molar refractivity (Wildman–Crippen MR) is 131 cm³/mol. The van der Waals surface area contributed by atoms with Gasteiger partial charge in [0.05, 0.1) is 17.1 Å². The molecule has 0 atom stereocenters. The number of pyridine rings is 2. The van der Waals surface area contributed by atoms with Gasteiger partial charge in [0.2, 0.25) is 11.7 Å². The zero-order valence-electron chi connectivity index (χ0n) is 20.4. The zero-order chi connectivity index (χ0) is 25.9. The van der Waals surface area contributed by atoms with Crippen LogP contribution < -0.4 is 10.6 Å². The number of nitrogens with one attached hydrogen (secondary N) is 2. The lowest BCUT2D eigenvalue weighted by atomic mass is 10.1. The minimum absolute atomic E-state index is 0.152. The van der Waals surface area contributed by atoms with E-state index in [1.54, 1.807) is 19.1 Å². The number of aryl methyl sites for hydroxylation is 1. The fraction of sp³-hybridized carbons (Fsp3) is 0.400. The Morgan fingerprint density at radius 1 is 1.11 bits per heavy atom. The lowest BCUT2D eigenvalue weighted by Gasteiger charge is -2.17. The standard InChI is InChI=1S/C25H28F3N7O/c1-4-16-11-23(34-24(31-16)25(3,27)28)33-20-12-22(30-15(2)36)29-13-17(20)19-8-7-18(26)21(32-19)14-35-9-5-6-10-35/h7-8,11-13H,4-6,9-10,14H2,1-3H3,(H2,29,30,31,33,34,36). The molecule has 11 heteroatoms. The van der Waals surface area contributed by atoms with E-state index in [2.05, 4.69) is 35.5 Å². The Hall–Kier alpha value is -3.60. The summed E-state index contributed by atoms with van der Waals surface area (Å²) in [5.41, 5.74) is 2.10. The van der Waals surface area contributed by atoms with Gasteiger partial charge in [-0.1, -0.05) is 6.92 Å². The SMILES string of the molecule is CCc1cc(Nc2cc(NC(C)=O)ncc2-c2ccc(F)c(CN3CCCC3)n2)nc(C(C)(F)F)n1. The van der Waals surface area contributed by atoms with Gasteiger partial charge in [-0.05, 0) is 44.5 Å². The average molecular weight is 500 g/mol. The number of nitrogens with zero attached hydrogens (tertiary/aromatic N) is 5. The van der Waals surface area contributed by atoms with Crippen molar-refractivity contribution in [1.29, 1.82) is 0 Å². The largest absolute Gasteiger partial charge is 0.339 e. The summed E-state index contributed by atoms with van der Waals surface area (Å²) in [6, 6.07) is 6.02. The van der Waals surface area contributed by atoms with E-state index in [0.717, 1.165) is 32.9 Å². The van der Waals surface area contributed by atoms with E-state index in [9.17, 15) is 18.0 Å². The third-order valence-corrected chi connectivity index (χ3v) is 5.77. The van der Waals surface area contributed by atoms with Crippen LogP contribution in [0.25, 0.3) is 11.3 Å². The van der Waals surface area contributed by atoms with E-state index < -0.39 is 17.6 Å². The summed E-state index contributed by atoms with van der Waals surface area (Å²) < 4.78 is 42.6. The molecule has 0 bridgehead atoms. The maximum Gasteiger partial charge on any atom is 0.303 e. The molecule has 1 aliphatic rings. The average Bonchev–Trinajstić information content (AvgIpc) is 3.33. The smallest absolute Gasteiger partial charge is 0.303 e. The monoisotopic (exact) mass is 499 g/mol. The molecule has 4 rings (SSSR count). The maximum absolute atomic E-state index is 14.6. The molecular weight excluding hydrogens is 471 g/mol. The van der Waals surface area contributed by atoms with Crippen LogP contribution in [0.2, 0.25) is 0 Å². The van der Waals surface area contributed by atoms with Crippen LogP contribution in [0.4, 0.5) is 30.5 Å². The van der Waals surface area contributed by atoms with Crippen LogP contribution in [-0.4, -0.2) is 43.8 Å². The number of amides is 1. The number of hydrogen-bond donors (Lipinski definition) is 2. The Bertz CT molecular complexity index is 1260. The Balaban J connectivity index is 1.76. The molecule has 190 valence electrons. The summed E-state index contributed by atoms with van der Waals surface area (Å²) in [7, 11) is 0. The van der Waals surface area contributed by atoms with Gasteiger partial charge in [-0.2, -0.15) is 8.78 Å². The number of likely N-dealkylation sites (tertiary alicyclic amines) is 1. The topological polar surface area (TPSA) is 95.9 Å². The van der Waals surface area contributed by atoms with Crippen LogP contribution >= 0.6 is 0 Å². The summed E-state index contributed by atoms with van der Waals surface area (Å²) in [4.78, 5) is 30.5. The number of hydrogen-bond acceptors (Lipinski definition) is 7. The Labute approximate surface area is 207 Å². The van der Waals surface area contributed by atoms with E-state index in [4.69, 9.17) is 0 Å². The number of aromatic nitrogens is 4. The molecule has 4 heterocycles. The quantitative estimate of drug-likeness (QED) is 0.448. The molecule has 3 aromatic rings. The number of alkyl halides is 2. The molecule has 0 aromatic carbocycles. The minimum atomic E-state index is -3.23. The molecule has 0 saturated carbocycles. The van der Waals surface area contributed by atoms with Gasteiger partial charge in [-0.25, -0.2) is 24.3 Å². The van der Waals surface area contributed by atoms with E-state index in [1.807, 2.05) is 0 Å². The number of carbonyl (C=O) groups excluding carboxylic acids is 1. The summed E-state index contributed by atoms with van der Waals surface area (Å²) >= 11 is 0. The highest BCUT2D eigenvalue weighted by Gasteiger charge is 2.29. The van der Waals surface area contributed by atoms with Gasteiger partial charge < -0.3 is 10.6 Å². The van der Waals surface area contributed by atoms with Gasteiger partial charge in [0.25, 0.3) is 0 Å². The van der Waals surface area contributed by atoms with Crippen LogP contribution in [0, 0.1) is 5.82 Å². The summed E-state index contributed by atoms with van der Waals surface area (Å²) in [5.74, 6) is -4.15. The number of halogens is 3. The third-order valence-electron chi connectivity index (χ3n) is 5.77. The van der Waals surface area contributed by atoms with Gasteiger partial charge in [0.15, 0.2) is 0 Å². The van der Waals surface area contributed by atoms with Gasteiger partial charge in [-0.15, -0.1) is 0 Å². The Morgan fingerprint density at radius 2 is 1.86 bits per heavy atom. The fourth-order valence-electron chi connectivity index (χ4n) is 3.99. The first-order valence-electron chi connectivity index (χ1n) is 11.8. The molecule has 0 unspecified atom stereocenters. The molecule has 1 aliphatic heterocycles. The van der Waals surface area contributed by atoms with Crippen molar-refractivity contribution in [1.82, 2.24) is 24.8 Å². The van der Waals surface area contributed by atoms with Gasteiger partial charge >= 0.3 is 5.92 Å². The Morgan fingerprint density at radius 3 is 2.53 bits per heavy atom. The van der Waals surface area contributed by atoms with E-state index in [1.165, 1.54) is 25.3 Å². The molecule has 1 amide bonds.